The molecule has 2 nitrogen and oxygen atoms in total. The maximum absolute atomic E-state index is 6.61. The highest BCUT2D eigenvalue weighted by Crippen LogP contribution is 2.38. The fraction of sp³-hybridized carbons (Fsp3) is 0.294. The zero-order chi connectivity index (χ0) is 29.1. The van der Waals surface area contributed by atoms with Crippen LogP contribution in [0, 0.1) is 41.5 Å². The summed E-state index contributed by atoms with van der Waals surface area (Å²) < 4.78 is 0. The highest BCUT2D eigenvalue weighted by Gasteiger charge is 2.30. The fourth-order valence-corrected chi connectivity index (χ4v) is 7.03. The van der Waals surface area contributed by atoms with Crippen molar-refractivity contribution in [3.8, 4) is 0 Å². The molecule has 4 aromatic rings. The summed E-state index contributed by atoms with van der Waals surface area (Å²) in [6.07, 6.45) is 0. The van der Waals surface area contributed by atoms with Crippen LogP contribution < -0.4 is 10.6 Å². The summed E-state index contributed by atoms with van der Waals surface area (Å²) in [5, 5.41) is 10.3. The van der Waals surface area contributed by atoms with Crippen molar-refractivity contribution in [2.24, 2.45) is 0 Å². The Labute approximate surface area is 259 Å². The molecule has 0 aromatic heterocycles. The average Bonchev–Trinajstić information content (AvgIpc) is 2.85. The van der Waals surface area contributed by atoms with Crippen LogP contribution in [-0.2, 0) is 13.1 Å². The second kappa shape index (κ2) is 13.3. The molecule has 0 radical (unpaired) electrons. The lowest BCUT2D eigenvalue weighted by Crippen LogP contribution is -2.37. The molecule has 0 saturated carbocycles. The van der Waals surface area contributed by atoms with Gasteiger partial charge in [-0.25, -0.2) is 0 Å². The summed E-state index contributed by atoms with van der Waals surface area (Å²) >= 11 is 26.5. The third kappa shape index (κ3) is 6.87. The molecule has 2 atom stereocenters. The first-order valence-electron chi connectivity index (χ1n) is 13.5. The Kier molecular flexibility index (Phi) is 10.3. The molecule has 0 amide bonds. The van der Waals surface area contributed by atoms with E-state index < -0.39 is 0 Å². The Morgan fingerprint density at radius 3 is 1.05 bits per heavy atom. The molecule has 0 saturated heterocycles. The SMILES string of the molecule is Cc1cc(C)c([C@H](NCc2c(Cl)cccc2Cl)[C@@H](NCc2c(Cl)cccc2Cl)c2c(C)cc(C)cc2C)c(C)c1. The molecule has 0 aliphatic carbocycles. The summed E-state index contributed by atoms with van der Waals surface area (Å²) in [7, 11) is 0. The van der Waals surface area contributed by atoms with Crippen LogP contribution in [0.15, 0.2) is 60.7 Å². The minimum absolute atomic E-state index is 0.116. The zero-order valence-corrected chi connectivity index (χ0v) is 26.9. The van der Waals surface area contributed by atoms with E-state index in [0.717, 1.165) is 11.1 Å². The van der Waals surface area contributed by atoms with Crippen molar-refractivity contribution in [1.82, 2.24) is 10.6 Å². The van der Waals surface area contributed by atoms with Gasteiger partial charge < -0.3 is 10.6 Å². The van der Waals surface area contributed by atoms with E-state index in [1.165, 1.54) is 44.5 Å². The lowest BCUT2D eigenvalue weighted by Gasteiger charge is -2.35. The number of aryl methyl sites for hydroxylation is 6. The van der Waals surface area contributed by atoms with Crippen LogP contribution in [-0.4, -0.2) is 0 Å². The number of halogens is 4. The molecule has 6 heteroatoms. The summed E-state index contributed by atoms with van der Waals surface area (Å²) in [6, 6.07) is 20.0. The first kappa shape index (κ1) is 30.9. The van der Waals surface area contributed by atoms with E-state index in [2.05, 4.69) is 76.4 Å². The molecular weight excluding hydrogens is 578 g/mol. The van der Waals surface area contributed by atoms with E-state index in [0.29, 0.717) is 33.2 Å². The lowest BCUT2D eigenvalue weighted by atomic mass is 9.83. The highest BCUT2D eigenvalue weighted by atomic mass is 35.5. The summed E-state index contributed by atoms with van der Waals surface area (Å²) in [5.74, 6) is 0. The van der Waals surface area contributed by atoms with Gasteiger partial charge in [-0.05, 0) is 99.2 Å². The molecule has 2 N–H and O–H groups in total. The number of rotatable bonds is 9. The largest absolute Gasteiger partial charge is 0.304 e. The molecule has 0 unspecified atom stereocenters. The second-order valence-corrected chi connectivity index (χ2v) is 12.4. The van der Waals surface area contributed by atoms with Crippen molar-refractivity contribution < 1.29 is 0 Å². The normalized spacial score (nSPS) is 12.9. The first-order chi connectivity index (χ1) is 19.0. The van der Waals surface area contributed by atoms with E-state index in [1.54, 1.807) is 0 Å². The van der Waals surface area contributed by atoms with Gasteiger partial charge >= 0.3 is 0 Å². The summed E-state index contributed by atoms with van der Waals surface area (Å²) in [6.45, 7) is 14.0. The van der Waals surface area contributed by atoms with Gasteiger partial charge in [0.15, 0.2) is 0 Å². The molecule has 40 heavy (non-hydrogen) atoms. The van der Waals surface area contributed by atoms with Gasteiger partial charge in [0.05, 0.1) is 12.1 Å². The molecule has 0 aliphatic heterocycles. The van der Waals surface area contributed by atoms with Gasteiger partial charge in [-0.3, -0.25) is 0 Å². The highest BCUT2D eigenvalue weighted by molar-refractivity contribution is 6.36. The smallest absolute Gasteiger partial charge is 0.0526 e. The third-order valence-corrected chi connectivity index (χ3v) is 8.97. The zero-order valence-electron chi connectivity index (χ0n) is 23.9. The number of hydrogen-bond donors (Lipinski definition) is 2. The van der Waals surface area contributed by atoms with Gasteiger partial charge in [-0.15, -0.1) is 0 Å². The summed E-state index contributed by atoms with van der Waals surface area (Å²) in [5.41, 5.74) is 11.6. The van der Waals surface area contributed by atoms with Crippen molar-refractivity contribution in [1.29, 1.82) is 0 Å². The average molecular weight is 614 g/mol. The van der Waals surface area contributed by atoms with E-state index >= 15 is 0 Å². The van der Waals surface area contributed by atoms with Gasteiger partial charge in [-0.2, -0.15) is 0 Å². The number of nitrogens with one attached hydrogen (secondary N) is 2. The minimum Gasteiger partial charge on any atom is -0.304 e. The van der Waals surface area contributed by atoms with E-state index in [1.807, 2.05) is 36.4 Å². The number of hydrogen-bond acceptors (Lipinski definition) is 2. The van der Waals surface area contributed by atoms with E-state index in [4.69, 9.17) is 46.4 Å². The van der Waals surface area contributed by atoms with Gasteiger partial charge in [-0.1, -0.05) is 93.9 Å². The van der Waals surface area contributed by atoms with Crippen LogP contribution in [0.1, 0.15) is 67.7 Å². The van der Waals surface area contributed by atoms with Crippen LogP contribution in [0.2, 0.25) is 20.1 Å². The Bertz CT molecular complexity index is 1330. The van der Waals surface area contributed by atoms with Crippen LogP contribution in [0.3, 0.4) is 0 Å². The summed E-state index contributed by atoms with van der Waals surface area (Å²) in [4.78, 5) is 0. The Hall–Kier alpha value is -2.04. The topological polar surface area (TPSA) is 24.1 Å². The van der Waals surface area contributed by atoms with Crippen LogP contribution in [0.5, 0.6) is 0 Å². The van der Waals surface area contributed by atoms with Crippen molar-refractivity contribution in [2.75, 3.05) is 0 Å². The predicted molar refractivity (Wildman–Crippen MR) is 173 cm³/mol. The van der Waals surface area contributed by atoms with Crippen LogP contribution in [0.25, 0.3) is 0 Å². The standard InChI is InChI=1S/C34H36Cl4N2/c1-19-13-21(3)31(22(4)14-19)33(39-17-25-27(35)9-7-10-28(25)36)34(32-23(5)15-20(2)16-24(32)6)40-18-26-29(37)11-8-12-30(26)38/h7-16,33-34,39-40H,17-18H2,1-6H3/t33-,34-/m0/s1. The van der Waals surface area contributed by atoms with Crippen LogP contribution >= 0.6 is 46.4 Å². The number of benzene rings is 4. The second-order valence-electron chi connectivity index (χ2n) is 10.7. The fourth-order valence-electron chi connectivity index (χ4n) is 5.96. The first-order valence-corrected chi connectivity index (χ1v) is 15.0. The Morgan fingerprint density at radius 2 is 0.775 bits per heavy atom. The molecule has 0 fully saturated rings. The molecule has 0 aliphatic rings. The molecule has 4 rings (SSSR count). The van der Waals surface area contributed by atoms with Gasteiger partial charge in [0, 0.05) is 44.3 Å². The predicted octanol–water partition coefficient (Wildman–Crippen LogP) is 10.5. The van der Waals surface area contributed by atoms with E-state index in [9.17, 15) is 0 Å². The lowest BCUT2D eigenvalue weighted by molar-refractivity contribution is 0.376. The third-order valence-electron chi connectivity index (χ3n) is 7.55. The van der Waals surface area contributed by atoms with Crippen molar-refractivity contribution >= 4 is 46.4 Å². The maximum atomic E-state index is 6.61. The molecular formula is C34H36Cl4N2. The molecule has 0 spiro atoms. The van der Waals surface area contributed by atoms with Crippen molar-refractivity contribution in [2.45, 2.75) is 66.7 Å². The minimum atomic E-state index is -0.116. The van der Waals surface area contributed by atoms with Gasteiger partial charge in [0.25, 0.3) is 0 Å². The van der Waals surface area contributed by atoms with Crippen molar-refractivity contribution in [3.63, 3.8) is 0 Å². The Morgan fingerprint density at radius 1 is 0.500 bits per heavy atom. The molecule has 4 aromatic carbocycles. The van der Waals surface area contributed by atoms with Gasteiger partial charge in [0.2, 0.25) is 0 Å². The van der Waals surface area contributed by atoms with Crippen LogP contribution in [0.4, 0.5) is 0 Å². The molecule has 210 valence electrons. The monoisotopic (exact) mass is 612 g/mol. The Balaban J connectivity index is 1.88. The van der Waals surface area contributed by atoms with E-state index in [-0.39, 0.29) is 12.1 Å². The quantitative estimate of drug-likeness (QED) is 0.196. The van der Waals surface area contributed by atoms with Crippen molar-refractivity contribution in [3.05, 3.63) is 136 Å². The molecule has 0 bridgehead atoms. The maximum Gasteiger partial charge on any atom is 0.0526 e. The van der Waals surface area contributed by atoms with Gasteiger partial charge in [0.1, 0.15) is 0 Å². The molecule has 0 heterocycles.